The fraction of sp³-hybridized carbons (Fsp3) is 0.857. The standard InChI is InChI=1S/C14H25N3O3/c1-3-14(5-7-15-8-6-14)13-16-12(17-20-13)4-9-19-11-10-18-2/h15H,3-11H2,1-2H3. The summed E-state index contributed by atoms with van der Waals surface area (Å²) < 4.78 is 15.9. The van der Waals surface area contributed by atoms with E-state index in [4.69, 9.17) is 14.0 Å². The molecular weight excluding hydrogens is 258 g/mol. The summed E-state index contributed by atoms with van der Waals surface area (Å²) in [4.78, 5) is 4.58. The summed E-state index contributed by atoms with van der Waals surface area (Å²) in [5.74, 6) is 1.54. The summed E-state index contributed by atoms with van der Waals surface area (Å²) in [5, 5.41) is 7.47. The van der Waals surface area contributed by atoms with Gasteiger partial charge in [-0.1, -0.05) is 12.1 Å². The first-order chi connectivity index (χ1) is 9.80. The Morgan fingerprint density at radius 1 is 1.25 bits per heavy atom. The first kappa shape index (κ1) is 15.4. The number of piperidine rings is 1. The molecule has 2 heterocycles. The third kappa shape index (κ3) is 3.77. The van der Waals surface area contributed by atoms with Gasteiger partial charge in [0.25, 0.3) is 0 Å². The van der Waals surface area contributed by atoms with E-state index in [1.807, 2.05) is 0 Å². The zero-order chi connectivity index (χ0) is 14.3. The Labute approximate surface area is 120 Å². The van der Waals surface area contributed by atoms with Gasteiger partial charge < -0.3 is 19.3 Å². The molecule has 0 saturated carbocycles. The van der Waals surface area contributed by atoms with Crippen molar-refractivity contribution >= 4 is 0 Å². The van der Waals surface area contributed by atoms with Crippen LogP contribution in [0.3, 0.4) is 0 Å². The molecule has 0 spiro atoms. The van der Waals surface area contributed by atoms with Crippen LogP contribution in [0.15, 0.2) is 4.52 Å². The van der Waals surface area contributed by atoms with Gasteiger partial charge in [0.05, 0.1) is 25.2 Å². The molecule has 1 aliphatic rings. The summed E-state index contributed by atoms with van der Waals surface area (Å²) in [5.41, 5.74) is 0.0629. The maximum atomic E-state index is 5.51. The molecule has 1 saturated heterocycles. The van der Waals surface area contributed by atoms with Crippen LogP contribution in [-0.4, -0.2) is 50.2 Å². The second-order valence-corrected chi connectivity index (χ2v) is 5.25. The summed E-state index contributed by atoms with van der Waals surface area (Å²) in [6.45, 7) is 6.05. The Morgan fingerprint density at radius 2 is 2.05 bits per heavy atom. The molecule has 2 rings (SSSR count). The Kier molecular flexibility index (Phi) is 5.94. The van der Waals surface area contributed by atoms with Gasteiger partial charge in [0, 0.05) is 13.5 Å². The Bertz CT molecular complexity index is 389. The maximum Gasteiger partial charge on any atom is 0.232 e. The Hall–Kier alpha value is -0.980. The number of aromatic nitrogens is 2. The minimum Gasteiger partial charge on any atom is -0.382 e. The first-order valence-corrected chi connectivity index (χ1v) is 7.41. The van der Waals surface area contributed by atoms with E-state index < -0.39 is 0 Å². The lowest BCUT2D eigenvalue weighted by Gasteiger charge is -2.33. The van der Waals surface area contributed by atoms with Gasteiger partial charge in [0.1, 0.15) is 0 Å². The molecule has 0 aliphatic carbocycles. The van der Waals surface area contributed by atoms with E-state index in [-0.39, 0.29) is 5.41 Å². The van der Waals surface area contributed by atoms with Crippen molar-refractivity contribution in [1.82, 2.24) is 15.5 Å². The molecule has 0 bridgehead atoms. The average Bonchev–Trinajstić information content (AvgIpc) is 2.97. The molecule has 1 aliphatic heterocycles. The third-order valence-corrected chi connectivity index (χ3v) is 4.06. The molecule has 20 heavy (non-hydrogen) atoms. The van der Waals surface area contributed by atoms with E-state index in [2.05, 4.69) is 22.4 Å². The zero-order valence-corrected chi connectivity index (χ0v) is 12.5. The van der Waals surface area contributed by atoms with Crippen LogP contribution in [-0.2, 0) is 21.3 Å². The molecule has 0 radical (unpaired) electrons. The summed E-state index contributed by atoms with van der Waals surface area (Å²) in [6, 6.07) is 0. The molecule has 0 unspecified atom stereocenters. The van der Waals surface area contributed by atoms with Crippen molar-refractivity contribution in [3.63, 3.8) is 0 Å². The zero-order valence-electron chi connectivity index (χ0n) is 12.5. The first-order valence-electron chi connectivity index (χ1n) is 7.41. The summed E-state index contributed by atoms with van der Waals surface area (Å²) in [7, 11) is 1.66. The summed E-state index contributed by atoms with van der Waals surface area (Å²) in [6.07, 6.45) is 3.86. The quantitative estimate of drug-likeness (QED) is 0.725. The minimum absolute atomic E-state index is 0.0629. The number of hydrogen-bond donors (Lipinski definition) is 1. The van der Waals surface area contributed by atoms with E-state index in [9.17, 15) is 0 Å². The largest absolute Gasteiger partial charge is 0.382 e. The van der Waals surface area contributed by atoms with Gasteiger partial charge in [-0.05, 0) is 32.4 Å². The lowest BCUT2D eigenvalue weighted by atomic mass is 9.76. The highest BCUT2D eigenvalue weighted by molar-refractivity contribution is 5.07. The predicted octanol–water partition coefficient (Wildman–Crippen LogP) is 1.31. The highest BCUT2D eigenvalue weighted by atomic mass is 16.5. The molecule has 6 nitrogen and oxygen atoms in total. The maximum absolute atomic E-state index is 5.51. The van der Waals surface area contributed by atoms with Gasteiger partial charge >= 0.3 is 0 Å². The minimum atomic E-state index is 0.0629. The van der Waals surface area contributed by atoms with Crippen molar-refractivity contribution in [2.45, 2.75) is 38.0 Å². The van der Waals surface area contributed by atoms with E-state index in [0.29, 0.717) is 26.2 Å². The number of methoxy groups -OCH3 is 1. The number of nitrogens with one attached hydrogen (secondary N) is 1. The van der Waals surface area contributed by atoms with E-state index in [1.165, 1.54) is 0 Å². The third-order valence-electron chi connectivity index (χ3n) is 4.06. The van der Waals surface area contributed by atoms with Crippen molar-refractivity contribution in [2.24, 2.45) is 0 Å². The van der Waals surface area contributed by atoms with Crippen LogP contribution in [0.1, 0.15) is 37.9 Å². The van der Waals surface area contributed by atoms with Gasteiger partial charge in [0.2, 0.25) is 5.89 Å². The number of ether oxygens (including phenoxy) is 2. The van der Waals surface area contributed by atoms with Crippen LogP contribution in [0.25, 0.3) is 0 Å². The lowest BCUT2D eigenvalue weighted by Crippen LogP contribution is -2.39. The number of hydrogen-bond acceptors (Lipinski definition) is 6. The Balaban J connectivity index is 1.87. The molecule has 1 aromatic heterocycles. The molecule has 0 amide bonds. The van der Waals surface area contributed by atoms with Crippen LogP contribution in [0.2, 0.25) is 0 Å². The van der Waals surface area contributed by atoms with Crippen molar-refractivity contribution in [1.29, 1.82) is 0 Å². The fourth-order valence-electron chi connectivity index (χ4n) is 2.60. The molecule has 1 aromatic rings. The molecule has 114 valence electrons. The molecule has 1 fully saturated rings. The number of rotatable bonds is 8. The monoisotopic (exact) mass is 283 g/mol. The fourth-order valence-corrected chi connectivity index (χ4v) is 2.60. The van der Waals surface area contributed by atoms with Crippen molar-refractivity contribution in [3.8, 4) is 0 Å². The van der Waals surface area contributed by atoms with Crippen molar-refractivity contribution in [2.75, 3.05) is 40.0 Å². The highest BCUT2D eigenvalue weighted by Crippen LogP contribution is 2.35. The van der Waals surface area contributed by atoms with Crippen LogP contribution in [0.4, 0.5) is 0 Å². The topological polar surface area (TPSA) is 69.4 Å². The van der Waals surface area contributed by atoms with Gasteiger partial charge in [-0.2, -0.15) is 4.98 Å². The van der Waals surface area contributed by atoms with Crippen LogP contribution in [0.5, 0.6) is 0 Å². The van der Waals surface area contributed by atoms with Gasteiger partial charge in [-0.15, -0.1) is 0 Å². The predicted molar refractivity (Wildman–Crippen MR) is 74.8 cm³/mol. The van der Waals surface area contributed by atoms with E-state index >= 15 is 0 Å². The van der Waals surface area contributed by atoms with Crippen molar-refractivity contribution in [3.05, 3.63) is 11.7 Å². The van der Waals surface area contributed by atoms with Crippen LogP contribution >= 0.6 is 0 Å². The lowest BCUT2D eigenvalue weighted by molar-refractivity contribution is 0.0714. The van der Waals surface area contributed by atoms with Gasteiger partial charge in [0.15, 0.2) is 5.82 Å². The van der Waals surface area contributed by atoms with Crippen LogP contribution < -0.4 is 5.32 Å². The van der Waals surface area contributed by atoms with Crippen molar-refractivity contribution < 1.29 is 14.0 Å². The SMILES string of the molecule is CCC1(c2nc(CCOCCOC)no2)CCNCC1. The van der Waals surface area contributed by atoms with Gasteiger partial charge in [-0.3, -0.25) is 0 Å². The van der Waals surface area contributed by atoms with Gasteiger partial charge in [-0.25, -0.2) is 0 Å². The van der Waals surface area contributed by atoms with E-state index in [1.54, 1.807) is 7.11 Å². The van der Waals surface area contributed by atoms with E-state index in [0.717, 1.165) is 44.1 Å². The molecule has 0 aromatic carbocycles. The molecule has 6 heteroatoms. The molecular formula is C14H25N3O3. The second-order valence-electron chi connectivity index (χ2n) is 5.25. The average molecular weight is 283 g/mol. The highest BCUT2D eigenvalue weighted by Gasteiger charge is 2.37. The smallest absolute Gasteiger partial charge is 0.232 e. The number of nitrogens with zero attached hydrogens (tertiary/aromatic N) is 2. The van der Waals surface area contributed by atoms with Crippen LogP contribution in [0, 0.1) is 0 Å². The molecule has 0 atom stereocenters. The normalized spacial score (nSPS) is 18.3. The molecule has 1 N–H and O–H groups in total. The summed E-state index contributed by atoms with van der Waals surface area (Å²) >= 11 is 0. The second kappa shape index (κ2) is 7.71. The Morgan fingerprint density at radius 3 is 2.75 bits per heavy atom.